The molecule has 6 heteroatoms. The summed E-state index contributed by atoms with van der Waals surface area (Å²) in [6.07, 6.45) is 0. The Morgan fingerprint density at radius 3 is 2.25 bits per heavy atom. The number of carbonyl (C=O) groups is 2. The molecule has 1 rings (SSSR count). The molecule has 1 amide bonds. The molecular weight excluding hydrogens is 390 g/mol. The number of halogens is 2. The summed E-state index contributed by atoms with van der Waals surface area (Å²) < 4.78 is 6.03. The van der Waals surface area contributed by atoms with Crippen LogP contribution in [0.15, 0.2) is 16.6 Å². The number of rotatable bonds is 5. The van der Waals surface area contributed by atoms with E-state index in [1.54, 1.807) is 4.90 Å². The molecule has 0 spiro atoms. The van der Waals surface area contributed by atoms with Crippen molar-refractivity contribution in [3.8, 4) is 0 Å². The lowest BCUT2D eigenvalue weighted by atomic mass is 10.1. The molecular formula is C14H17Br2NO3. The van der Waals surface area contributed by atoms with Gasteiger partial charge in [-0.2, -0.15) is 0 Å². The van der Waals surface area contributed by atoms with Crippen LogP contribution >= 0.6 is 31.9 Å². The van der Waals surface area contributed by atoms with Crippen LogP contribution in [-0.2, 0) is 14.3 Å². The van der Waals surface area contributed by atoms with Crippen LogP contribution in [0, 0.1) is 13.8 Å². The van der Waals surface area contributed by atoms with Gasteiger partial charge >= 0.3 is 5.97 Å². The molecule has 0 heterocycles. The zero-order valence-corrected chi connectivity index (χ0v) is 14.9. The van der Waals surface area contributed by atoms with Gasteiger partial charge < -0.3 is 9.64 Å². The predicted molar refractivity (Wildman–Crippen MR) is 86.4 cm³/mol. The van der Waals surface area contributed by atoms with Crippen molar-refractivity contribution < 1.29 is 14.3 Å². The van der Waals surface area contributed by atoms with Gasteiger partial charge in [0.05, 0.1) is 6.54 Å². The number of hydrogen-bond acceptors (Lipinski definition) is 3. The zero-order valence-electron chi connectivity index (χ0n) is 11.7. The Balaban J connectivity index is 2.86. The average molecular weight is 407 g/mol. The standard InChI is InChI=1S/C14H17Br2NO3/c1-9-6-12(7-10(2)14(9)16)17(11(3)18)4-5-20-13(19)8-15/h6-7H,4-5,8H2,1-3H3. The summed E-state index contributed by atoms with van der Waals surface area (Å²) in [5.41, 5.74) is 2.93. The molecule has 0 radical (unpaired) electrons. The minimum atomic E-state index is -0.336. The fourth-order valence-corrected chi connectivity index (χ4v) is 2.23. The number of carbonyl (C=O) groups excluding carboxylic acids is 2. The molecule has 20 heavy (non-hydrogen) atoms. The summed E-state index contributed by atoms with van der Waals surface area (Å²) in [6, 6.07) is 3.87. The van der Waals surface area contributed by atoms with Crippen molar-refractivity contribution >= 4 is 49.4 Å². The van der Waals surface area contributed by atoms with E-state index in [0.29, 0.717) is 6.54 Å². The molecule has 0 N–H and O–H groups in total. The Labute approximate surface area is 135 Å². The number of aryl methyl sites for hydroxylation is 2. The SMILES string of the molecule is CC(=O)N(CCOC(=O)CBr)c1cc(C)c(Br)c(C)c1. The highest BCUT2D eigenvalue weighted by Crippen LogP contribution is 2.27. The van der Waals surface area contributed by atoms with Crippen molar-refractivity contribution in [2.75, 3.05) is 23.4 Å². The first-order valence-electron chi connectivity index (χ1n) is 6.13. The molecule has 0 saturated carbocycles. The Hall–Kier alpha value is -0.880. The van der Waals surface area contributed by atoms with Crippen LogP contribution in [-0.4, -0.2) is 30.4 Å². The van der Waals surface area contributed by atoms with Crippen molar-refractivity contribution in [3.63, 3.8) is 0 Å². The largest absolute Gasteiger partial charge is 0.463 e. The van der Waals surface area contributed by atoms with Crippen LogP contribution in [0.1, 0.15) is 18.1 Å². The maximum Gasteiger partial charge on any atom is 0.316 e. The monoisotopic (exact) mass is 405 g/mol. The smallest absolute Gasteiger partial charge is 0.316 e. The Morgan fingerprint density at radius 2 is 1.80 bits per heavy atom. The van der Waals surface area contributed by atoms with E-state index in [2.05, 4.69) is 31.9 Å². The lowest BCUT2D eigenvalue weighted by Gasteiger charge is -2.22. The third-order valence-electron chi connectivity index (χ3n) is 2.80. The Bertz CT molecular complexity index is 494. The predicted octanol–water partition coefficient (Wildman–Crippen LogP) is 3.36. The van der Waals surface area contributed by atoms with Crippen LogP contribution in [0.5, 0.6) is 0 Å². The summed E-state index contributed by atoms with van der Waals surface area (Å²) >= 11 is 6.53. The molecule has 0 fully saturated rings. The van der Waals surface area contributed by atoms with Gasteiger partial charge in [0.2, 0.25) is 5.91 Å². The summed E-state index contributed by atoms with van der Waals surface area (Å²) in [5.74, 6) is -0.419. The first kappa shape index (κ1) is 17.2. The second kappa shape index (κ2) is 7.78. The van der Waals surface area contributed by atoms with Crippen molar-refractivity contribution in [1.29, 1.82) is 0 Å². The van der Waals surface area contributed by atoms with Crippen molar-refractivity contribution in [1.82, 2.24) is 0 Å². The van der Waals surface area contributed by atoms with E-state index in [1.165, 1.54) is 6.92 Å². The molecule has 1 aromatic carbocycles. The van der Waals surface area contributed by atoms with Crippen molar-refractivity contribution in [3.05, 3.63) is 27.7 Å². The average Bonchev–Trinajstić information content (AvgIpc) is 2.39. The number of alkyl halides is 1. The Morgan fingerprint density at radius 1 is 1.25 bits per heavy atom. The van der Waals surface area contributed by atoms with Gasteiger partial charge in [0.25, 0.3) is 0 Å². The van der Waals surface area contributed by atoms with Crippen LogP contribution in [0.25, 0.3) is 0 Å². The molecule has 110 valence electrons. The van der Waals surface area contributed by atoms with E-state index >= 15 is 0 Å². The molecule has 0 aliphatic carbocycles. The third kappa shape index (κ3) is 4.59. The number of benzene rings is 1. The summed E-state index contributed by atoms with van der Waals surface area (Å²) in [5, 5.41) is 0.156. The number of ether oxygens (including phenoxy) is 1. The summed E-state index contributed by atoms with van der Waals surface area (Å²) in [6.45, 7) is 5.97. The number of esters is 1. The number of amides is 1. The summed E-state index contributed by atoms with van der Waals surface area (Å²) in [7, 11) is 0. The minimum absolute atomic E-state index is 0.0824. The summed E-state index contributed by atoms with van der Waals surface area (Å²) in [4.78, 5) is 24.4. The fraction of sp³-hybridized carbons (Fsp3) is 0.429. The van der Waals surface area contributed by atoms with E-state index < -0.39 is 0 Å². The van der Waals surface area contributed by atoms with Crippen LogP contribution < -0.4 is 4.90 Å². The van der Waals surface area contributed by atoms with Gasteiger partial charge in [0, 0.05) is 17.1 Å². The van der Waals surface area contributed by atoms with E-state index in [9.17, 15) is 9.59 Å². The maximum atomic E-state index is 11.8. The highest BCUT2D eigenvalue weighted by Gasteiger charge is 2.14. The van der Waals surface area contributed by atoms with Crippen molar-refractivity contribution in [2.24, 2.45) is 0 Å². The third-order valence-corrected chi connectivity index (χ3v) is 4.51. The van der Waals surface area contributed by atoms with E-state index in [1.807, 2.05) is 26.0 Å². The molecule has 1 aromatic rings. The molecule has 0 bridgehead atoms. The number of hydrogen-bond donors (Lipinski definition) is 0. The van der Waals surface area contributed by atoms with Gasteiger partial charge in [-0.15, -0.1) is 0 Å². The molecule has 0 aromatic heterocycles. The van der Waals surface area contributed by atoms with Gasteiger partial charge in [-0.25, -0.2) is 0 Å². The molecule has 0 atom stereocenters. The molecule has 0 saturated heterocycles. The van der Waals surface area contributed by atoms with Gasteiger partial charge in [0.15, 0.2) is 0 Å². The lowest BCUT2D eigenvalue weighted by Crippen LogP contribution is -2.32. The second-order valence-electron chi connectivity index (χ2n) is 4.42. The fourth-order valence-electron chi connectivity index (χ4n) is 1.84. The van der Waals surface area contributed by atoms with Gasteiger partial charge in [-0.1, -0.05) is 31.9 Å². The zero-order chi connectivity index (χ0) is 15.3. The molecule has 4 nitrogen and oxygen atoms in total. The quantitative estimate of drug-likeness (QED) is 0.556. The highest BCUT2D eigenvalue weighted by molar-refractivity contribution is 9.10. The Kier molecular flexibility index (Phi) is 6.68. The minimum Gasteiger partial charge on any atom is -0.463 e. The van der Waals surface area contributed by atoms with Gasteiger partial charge in [-0.05, 0) is 37.1 Å². The van der Waals surface area contributed by atoms with Crippen LogP contribution in [0.3, 0.4) is 0 Å². The second-order valence-corrected chi connectivity index (χ2v) is 5.77. The van der Waals surface area contributed by atoms with E-state index in [0.717, 1.165) is 21.3 Å². The molecule has 0 unspecified atom stereocenters. The highest BCUT2D eigenvalue weighted by atomic mass is 79.9. The lowest BCUT2D eigenvalue weighted by molar-refractivity contribution is -0.140. The van der Waals surface area contributed by atoms with Gasteiger partial charge in [-0.3, -0.25) is 9.59 Å². The van der Waals surface area contributed by atoms with Crippen molar-refractivity contribution in [2.45, 2.75) is 20.8 Å². The molecule has 0 aliphatic rings. The van der Waals surface area contributed by atoms with Gasteiger partial charge in [0.1, 0.15) is 11.9 Å². The number of nitrogens with zero attached hydrogens (tertiary/aromatic N) is 1. The van der Waals surface area contributed by atoms with Crippen LogP contribution in [0.4, 0.5) is 5.69 Å². The normalized spacial score (nSPS) is 10.2. The maximum absolute atomic E-state index is 11.8. The van der Waals surface area contributed by atoms with E-state index in [-0.39, 0.29) is 23.8 Å². The van der Waals surface area contributed by atoms with Crippen LogP contribution in [0.2, 0.25) is 0 Å². The molecule has 0 aliphatic heterocycles. The topological polar surface area (TPSA) is 46.6 Å². The number of anilines is 1. The van der Waals surface area contributed by atoms with E-state index in [4.69, 9.17) is 4.74 Å². The first-order chi connectivity index (χ1) is 9.36. The first-order valence-corrected chi connectivity index (χ1v) is 8.04.